The van der Waals surface area contributed by atoms with E-state index >= 15 is 0 Å². The zero-order chi connectivity index (χ0) is 13.0. The van der Waals surface area contributed by atoms with Gasteiger partial charge in [-0.25, -0.2) is 4.39 Å². The van der Waals surface area contributed by atoms with Gasteiger partial charge >= 0.3 is 0 Å². The van der Waals surface area contributed by atoms with Crippen LogP contribution in [0.4, 0.5) is 4.39 Å². The summed E-state index contributed by atoms with van der Waals surface area (Å²) in [7, 11) is 0. The zero-order valence-corrected chi connectivity index (χ0v) is 11.4. The van der Waals surface area contributed by atoms with E-state index < -0.39 is 0 Å². The van der Waals surface area contributed by atoms with E-state index in [2.05, 4.69) is 12.2 Å². The predicted molar refractivity (Wildman–Crippen MR) is 75.3 cm³/mol. The molecule has 0 bridgehead atoms. The van der Waals surface area contributed by atoms with Crippen LogP contribution in [0.25, 0.3) is 6.08 Å². The fraction of sp³-hybridized carbons (Fsp3) is 0.467. The van der Waals surface area contributed by atoms with Crippen molar-refractivity contribution in [3.63, 3.8) is 0 Å². The lowest BCUT2D eigenvalue weighted by Crippen LogP contribution is -2.33. The Morgan fingerprint density at radius 2 is 2.33 bits per heavy atom. The number of nitrogens with one attached hydrogen (secondary N) is 1. The average Bonchev–Trinajstić information content (AvgIpc) is 2.35. The Balaban J connectivity index is 2.04. The molecular formula is C15H19ClFN. The molecule has 1 nitrogen and oxygen atoms in total. The van der Waals surface area contributed by atoms with Gasteiger partial charge in [0.2, 0.25) is 0 Å². The summed E-state index contributed by atoms with van der Waals surface area (Å²) >= 11 is 5.88. The van der Waals surface area contributed by atoms with E-state index in [4.69, 9.17) is 11.6 Å². The Bertz CT molecular complexity index is 436. The third kappa shape index (κ3) is 3.82. The minimum Gasteiger partial charge on any atom is -0.314 e. The summed E-state index contributed by atoms with van der Waals surface area (Å²) in [5.41, 5.74) is 1.77. The normalized spacial score (nSPS) is 21.1. The van der Waals surface area contributed by atoms with Gasteiger partial charge in [-0.15, -0.1) is 0 Å². The Morgan fingerprint density at radius 1 is 1.50 bits per heavy atom. The van der Waals surface area contributed by atoms with Crippen LogP contribution in [0.15, 0.2) is 23.8 Å². The van der Waals surface area contributed by atoms with E-state index in [1.54, 1.807) is 12.1 Å². The number of hydrogen-bond acceptors (Lipinski definition) is 1. The van der Waals surface area contributed by atoms with Gasteiger partial charge in [-0.05, 0) is 50.9 Å². The van der Waals surface area contributed by atoms with Gasteiger partial charge in [0.05, 0.1) is 0 Å². The Hall–Kier alpha value is -0.860. The lowest BCUT2D eigenvalue weighted by molar-refractivity contribution is 0.399. The molecule has 2 rings (SSSR count). The van der Waals surface area contributed by atoms with Crippen molar-refractivity contribution in [3.8, 4) is 0 Å². The molecule has 1 atom stereocenters. The molecule has 1 aliphatic rings. The predicted octanol–water partition coefficient (Wildman–Crippen LogP) is 4.41. The van der Waals surface area contributed by atoms with E-state index in [0.29, 0.717) is 16.6 Å². The second-order valence-electron chi connectivity index (χ2n) is 5.01. The number of benzene rings is 1. The van der Waals surface area contributed by atoms with Gasteiger partial charge in [0, 0.05) is 16.6 Å². The smallest absolute Gasteiger partial charge is 0.130 e. The standard InChI is InChI=1S/C15H19ClFN/c1-11(9-14-4-2-3-7-18-14)8-12-10-13(16)5-6-15(12)17/h5-6,8,10,14,18H,2-4,7,9H2,1H3/b11-8-. The zero-order valence-electron chi connectivity index (χ0n) is 10.7. The van der Waals surface area contributed by atoms with Crippen molar-refractivity contribution in [2.45, 2.75) is 38.6 Å². The van der Waals surface area contributed by atoms with E-state index in [1.807, 2.05) is 6.08 Å². The molecule has 1 saturated heterocycles. The molecule has 1 fully saturated rings. The van der Waals surface area contributed by atoms with Gasteiger partial charge in [-0.2, -0.15) is 0 Å². The van der Waals surface area contributed by atoms with Crippen LogP contribution >= 0.6 is 11.6 Å². The lowest BCUT2D eigenvalue weighted by Gasteiger charge is -2.23. The van der Waals surface area contributed by atoms with Gasteiger partial charge in [0.15, 0.2) is 0 Å². The molecular weight excluding hydrogens is 249 g/mol. The van der Waals surface area contributed by atoms with Crippen molar-refractivity contribution in [2.24, 2.45) is 0 Å². The highest BCUT2D eigenvalue weighted by molar-refractivity contribution is 6.30. The van der Waals surface area contributed by atoms with Gasteiger partial charge < -0.3 is 5.32 Å². The first-order valence-corrected chi connectivity index (χ1v) is 6.88. The molecule has 1 N–H and O–H groups in total. The molecule has 98 valence electrons. The average molecular weight is 268 g/mol. The van der Waals surface area contributed by atoms with Crippen LogP contribution in [0.5, 0.6) is 0 Å². The monoisotopic (exact) mass is 267 g/mol. The quantitative estimate of drug-likeness (QED) is 0.855. The first kappa shape index (κ1) is 13.6. The number of piperidine rings is 1. The van der Waals surface area contributed by atoms with Crippen LogP contribution in [0.3, 0.4) is 0 Å². The maximum Gasteiger partial charge on any atom is 0.130 e. The number of rotatable bonds is 3. The van der Waals surface area contributed by atoms with E-state index in [1.165, 1.54) is 30.9 Å². The molecule has 1 aliphatic heterocycles. The maximum atomic E-state index is 13.6. The number of halogens is 2. The van der Waals surface area contributed by atoms with Crippen LogP contribution in [-0.2, 0) is 0 Å². The SMILES string of the molecule is C/C(=C/c1cc(Cl)ccc1F)CC1CCCCN1. The summed E-state index contributed by atoms with van der Waals surface area (Å²) in [6.07, 6.45) is 6.64. The summed E-state index contributed by atoms with van der Waals surface area (Å²) in [6.45, 7) is 3.15. The highest BCUT2D eigenvalue weighted by atomic mass is 35.5. The second kappa shape index (κ2) is 6.35. The van der Waals surface area contributed by atoms with Gasteiger partial charge in [-0.3, -0.25) is 0 Å². The van der Waals surface area contributed by atoms with Crippen molar-refractivity contribution in [1.29, 1.82) is 0 Å². The molecule has 1 aromatic rings. The van der Waals surface area contributed by atoms with Gasteiger partial charge in [0.1, 0.15) is 5.82 Å². The molecule has 1 aromatic carbocycles. The summed E-state index contributed by atoms with van der Waals surface area (Å²) in [5.74, 6) is -0.213. The molecule has 0 radical (unpaired) electrons. The summed E-state index contributed by atoms with van der Waals surface area (Å²) in [6, 6.07) is 5.21. The van der Waals surface area contributed by atoms with Crippen LogP contribution in [0.2, 0.25) is 5.02 Å². The Labute approximate surface area is 113 Å². The largest absolute Gasteiger partial charge is 0.314 e. The Morgan fingerprint density at radius 3 is 3.06 bits per heavy atom. The van der Waals surface area contributed by atoms with Crippen LogP contribution < -0.4 is 5.32 Å². The molecule has 1 unspecified atom stereocenters. The molecule has 0 aromatic heterocycles. The van der Waals surface area contributed by atoms with Gasteiger partial charge in [0.25, 0.3) is 0 Å². The van der Waals surface area contributed by atoms with Crippen LogP contribution in [0.1, 0.15) is 38.2 Å². The molecule has 0 spiro atoms. The fourth-order valence-corrected chi connectivity index (χ4v) is 2.62. The van der Waals surface area contributed by atoms with Crippen molar-refractivity contribution in [3.05, 3.63) is 40.2 Å². The second-order valence-corrected chi connectivity index (χ2v) is 5.44. The van der Waals surface area contributed by atoms with Crippen molar-refractivity contribution in [2.75, 3.05) is 6.54 Å². The molecule has 3 heteroatoms. The van der Waals surface area contributed by atoms with Crippen molar-refractivity contribution in [1.82, 2.24) is 5.32 Å². The molecule has 1 heterocycles. The molecule has 18 heavy (non-hydrogen) atoms. The minimum absolute atomic E-state index is 0.213. The van der Waals surface area contributed by atoms with Crippen LogP contribution in [-0.4, -0.2) is 12.6 Å². The van der Waals surface area contributed by atoms with E-state index in [0.717, 1.165) is 13.0 Å². The third-order valence-corrected chi connectivity index (χ3v) is 3.58. The summed E-state index contributed by atoms with van der Waals surface area (Å²) < 4.78 is 13.6. The minimum atomic E-state index is -0.213. The van der Waals surface area contributed by atoms with Gasteiger partial charge in [-0.1, -0.05) is 29.7 Å². The molecule has 0 amide bonds. The summed E-state index contributed by atoms with van der Waals surface area (Å²) in [4.78, 5) is 0. The van der Waals surface area contributed by atoms with E-state index in [-0.39, 0.29) is 5.82 Å². The first-order chi connectivity index (χ1) is 8.65. The highest BCUT2D eigenvalue weighted by Gasteiger charge is 2.12. The fourth-order valence-electron chi connectivity index (χ4n) is 2.44. The first-order valence-electron chi connectivity index (χ1n) is 6.51. The maximum absolute atomic E-state index is 13.6. The topological polar surface area (TPSA) is 12.0 Å². The van der Waals surface area contributed by atoms with Crippen molar-refractivity contribution < 1.29 is 4.39 Å². The highest BCUT2D eigenvalue weighted by Crippen LogP contribution is 2.20. The third-order valence-electron chi connectivity index (χ3n) is 3.34. The van der Waals surface area contributed by atoms with E-state index in [9.17, 15) is 4.39 Å². The Kier molecular flexibility index (Phi) is 4.79. The molecule has 0 aliphatic carbocycles. The van der Waals surface area contributed by atoms with Crippen LogP contribution in [0, 0.1) is 5.82 Å². The number of hydrogen-bond donors (Lipinski definition) is 1. The van der Waals surface area contributed by atoms with Crippen molar-refractivity contribution >= 4 is 17.7 Å². The molecule has 0 saturated carbocycles. The summed E-state index contributed by atoms with van der Waals surface area (Å²) in [5, 5.41) is 4.08. The lowest BCUT2D eigenvalue weighted by atomic mass is 9.97.